The lowest BCUT2D eigenvalue weighted by Crippen LogP contribution is -2.13. The van der Waals surface area contributed by atoms with E-state index in [1.807, 2.05) is 36.1 Å². The molecule has 7 nitrogen and oxygen atoms in total. The van der Waals surface area contributed by atoms with Crippen molar-refractivity contribution in [1.29, 1.82) is 0 Å². The van der Waals surface area contributed by atoms with Gasteiger partial charge in [0.2, 0.25) is 5.91 Å². The number of aryl methyl sites for hydroxylation is 1. The van der Waals surface area contributed by atoms with Crippen molar-refractivity contribution in [2.24, 2.45) is 7.05 Å². The summed E-state index contributed by atoms with van der Waals surface area (Å²) in [6.07, 6.45) is 0. The maximum absolute atomic E-state index is 12.3. The fraction of sp³-hybridized carbons (Fsp3) is 0.294. The van der Waals surface area contributed by atoms with E-state index >= 15 is 0 Å². The van der Waals surface area contributed by atoms with Gasteiger partial charge < -0.3 is 14.6 Å². The Labute approximate surface area is 168 Å². The Morgan fingerprint density at radius 3 is 2.89 bits per heavy atom. The van der Waals surface area contributed by atoms with E-state index in [1.54, 1.807) is 24.3 Å². The molecule has 0 saturated carbocycles. The predicted molar refractivity (Wildman–Crippen MR) is 109 cm³/mol. The van der Waals surface area contributed by atoms with Gasteiger partial charge in [-0.1, -0.05) is 17.8 Å². The molecular formula is C17H18N4O3S3. The highest BCUT2D eigenvalue weighted by Gasteiger charge is 2.17. The van der Waals surface area contributed by atoms with Crippen LogP contribution in [0.2, 0.25) is 0 Å². The maximum atomic E-state index is 12.3. The summed E-state index contributed by atoms with van der Waals surface area (Å²) in [5.74, 6) is 0.440. The number of esters is 1. The second-order valence-corrected chi connectivity index (χ2v) is 8.46. The molecule has 3 aromatic heterocycles. The van der Waals surface area contributed by atoms with Gasteiger partial charge in [0.1, 0.15) is 4.88 Å². The van der Waals surface area contributed by atoms with Gasteiger partial charge in [-0.3, -0.25) is 4.79 Å². The molecule has 0 radical (unpaired) electrons. The Balaban J connectivity index is 1.59. The molecule has 0 aliphatic rings. The number of aromatic nitrogens is 3. The maximum Gasteiger partial charge on any atom is 0.348 e. The molecule has 3 aromatic rings. The van der Waals surface area contributed by atoms with E-state index in [0.717, 1.165) is 16.3 Å². The molecule has 1 N–H and O–H groups in total. The van der Waals surface area contributed by atoms with Crippen molar-refractivity contribution in [2.75, 3.05) is 17.7 Å². The van der Waals surface area contributed by atoms with Crippen molar-refractivity contribution in [1.82, 2.24) is 14.8 Å². The number of nitrogens with zero attached hydrogens (tertiary/aromatic N) is 3. The molecule has 142 valence electrons. The number of ether oxygens (including phenoxy) is 1. The molecule has 0 atom stereocenters. The first kappa shape index (κ1) is 19.6. The zero-order chi connectivity index (χ0) is 19.4. The highest BCUT2D eigenvalue weighted by atomic mass is 32.2. The molecule has 0 fully saturated rings. The first-order chi connectivity index (χ1) is 13.0. The summed E-state index contributed by atoms with van der Waals surface area (Å²) < 4.78 is 6.89. The van der Waals surface area contributed by atoms with E-state index in [0.29, 0.717) is 21.6 Å². The summed E-state index contributed by atoms with van der Waals surface area (Å²) in [5, 5.41) is 14.4. The van der Waals surface area contributed by atoms with Crippen LogP contribution < -0.4 is 5.32 Å². The summed E-state index contributed by atoms with van der Waals surface area (Å²) in [4.78, 5) is 25.7. The zero-order valence-electron chi connectivity index (χ0n) is 15.0. The van der Waals surface area contributed by atoms with Gasteiger partial charge >= 0.3 is 5.97 Å². The molecule has 27 heavy (non-hydrogen) atoms. The molecule has 0 aliphatic carbocycles. The van der Waals surface area contributed by atoms with Crippen LogP contribution in [0.15, 0.2) is 28.7 Å². The summed E-state index contributed by atoms with van der Waals surface area (Å²) in [7, 11) is 1.88. The van der Waals surface area contributed by atoms with Gasteiger partial charge in [0, 0.05) is 7.05 Å². The van der Waals surface area contributed by atoms with E-state index in [1.165, 1.54) is 23.1 Å². The Morgan fingerprint density at radius 1 is 1.37 bits per heavy atom. The summed E-state index contributed by atoms with van der Waals surface area (Å²) in [6, 6.07) is 5.72. The molecule has 0 spiro atoms. The Hall–Kier alpha value is -2.17. The lowest BCUT2D eigenvalue weighted by molar-refractivity contribution is -0.113. The third-order valence-electron chi connectivity index (χ3n) is 3.55. The van der Waals surface area contributed by atoms with Crippen LogP contribution in [-0.4, -0.2) is 39.0 Å². The SMILES string of the molecule is CCOC(=O)c1sc(NC(=O)CSc2nnc(-c3cccs3)n2C)cc1C. The highest BCUT2D eigenvalue weighted by Crippen LogP contribution is 2.28. The molecule has 0 aliphatic heterocycles. The van der Waals surface area contributed by atoms with Gasteiger partial charge in [-0.05, 0) is 36.9 Å². The normalized spacial score (nSPS) is 10.8. The lowest BCUT2D eigenvalue weighted by Gasteiger charge is -2.03. The predicted octanol–water partition coefficient (Wildman–Crippen LogP) is 3.82. The Kier molecular flexibility index (Phi) is 6.30. The third kappa shape index (κ3) is 4.57. The molecular weight excluding hydrogens is 404 g/mol. The van der Waals surface area contributed by atoms with E-state index in [9.17, 15) is 9.59 Å². The molecule has 0 unspecified atom stereocenters. The van der Waals surface area contributed by atoms with Crippen LogP contribution in [0, 0.1) is 6.92 Å². The van der Waals surface area contributed by atoms with Crippen LogP contribution >= 0.6 is 34.4 Å². The molecule has 3 heterocycles. The number of carbonyl (C=O) groups excluding carboxylic acids is 2. The number of hydrogen-bond acceptors (Lipinski definition) is 8. The number of thiophene rings is 2. The van der Waals surface area contributed by atoms with Gasteiger partial charge in [0.05, 0.1) is 22.2 Å². The van der Waals surface area contributed by atoms with Gasteiger partial charge in [0.25, 0.3) is 0 Å². The van der Waals surface area contributed by atoms with E-state index in [2.05, 4.69) is 15.5 Å². The number of anilines is 1. The highest BCUT2D eigenvalue weighted by molar-refractivity contribution is 7.99. The van der Waals surface area contributed by atoms with Crippen molar-refractivity contribution in [2.45, 2.75) is 19.0 Å². The number of nitrogens with one attached hydrogen (secondary N) is 1. The first-order valence-electron chi connectivity index (χ1n) is 8.13. The fourth-order valence-corrected chi connectivity index (χ4v) is 4.75. The molecule has 10 heteroatoms. The van der Waals surface area contributed by atoms with E-state index in [4.69, 9.17) is 4.74 Å². The van der Waals surface area contributed by atoms with Crippen molar-refractivity contribution < 1.29 is 14.3 Å². The molecule has 0 aromatic carbocycles. The molecule has 1 amide bonds. The van der Waals surface area contributed by atoms with Crippen LogP contribution in [0.4, 0.5) is 5.00 Å². The van der Waals surface area contributed by atoms with Crippen molar-refractivity contribution in [3.8, 4) is 10.7 Å². The number of carbonyl (C=O) groups is 2. The number of amides is 1. The molecule has 3 rings (SSSR count). The first-order valence-corrected chi connectivity index (χ1v) is 10.8. The summed E-state index contributed by atoms with van der Waals surface area (Å²) in [6.45, 7) is 3.90. The average molecular weight is 423 g/mol. The van der Waals surface area contributed by atoms with Gasteiger partial charge in [-0.2, -0.15) is 0 Å². The lowest BCUT2D eigenvalue weighted by atomic mass is 10.3. The smallest absolute Gasteiger partial charge is 0.348 e. The monoisotopic (exact) mass is 422 g/mol. The molecule has 0 bridgehead atoms. The Bertz CT molecular complexity index is 947. The van der Waals surface area contributed by atoms with Crippen molar-refractivity contribution >= 4 is 51.3 Å². The van der Waals surface area contributed by atoms with Crippen LogP contribution in [0.1, 0.15) is 22.2 Å². The second-order valence-electron chi connectivity index (χ2n) is 5.52. The van der Waals surface area contributed by atoms with Crippen molar-refractivity contribution in [3.05, 3.63) is 34.0 Å². The van der Waals surface area contributed by atoms with Gasteiger partial charge in [-0.15, -0.1) is 32.9 Å². The molecule has 0 saturated heterocycles. The quantitative estimate of drug-likeness (QED) is 0.460. The summed E-state index contributed by atoms with van der Waals surface area (Å²) in [5.41, 5.74) is 0.787. The van der Waals surface area contributed by atoms with Gasteiger partial charge in [0.15, 0.2) is 11.0 Å². The second kappa shape index (κ2) is 8.68. The number of thioether (sulfide) groups is 1. The minimum atomic E-state index is -0.366. The topological polar surface area (TPSA) is 86.1 Å². The number of hydrogen-bond donors (Lipinski definition) is 1. The van der Waals surface area contributed by atoms with E-state index < -0.39 is 0 Å². The van der Waals surface area contributed by atoms with Crippen LogP contribution in [-0.2, 0) is 16.6 Å². The van der Waals surface area contributed by atoms with Crippen LogP contribution in [0.5, 0.6) is 0 Å². The van der Waals surface area contributed by atoms with E-state index in [-0.39, 0.29) is 17.6 Å². The van der Waals surface area contributed by atoms with Crippen LogP contribution in [0.25, 0.3) is 10.7 Å². The average Bonchev–Trinajstić information content (AvgIpc) is 3.34. The minimum Gasteiger partial charge on any atom is -0.462 e. The largest absolute Gasteiger partial charge is 0.462 e. The minimum absolute atomic E-state index is 0.169. The van der Waals surface area contributed by atoms with Gasteiger partial charge in [-0.25, -0.2) is 4.79 Å². The summed E-state index contributed by atoms with van der Waals surface area (Å²) >= 11 is 4.12. The van der Waals surface area contributed by atoms with Crippen molar-refractivity contribution in [3.63, 3.8) is 0 Å². The third-order valence-corrected chi connectivity index (χ3v) is 6.57. The van der Waals surface area contributed by atoms with Crippen LogP contribution in [0.3, 0.4) is 0 Å². The number of rotatable bonds is 7. The standard InChI is InChI=1S/C17H18N4O3S3/c1-4-24-16(23)14-10(2)8-13(27-14)18-12(22)9-26-17-20-19-15(21(17)3)11-6-5-7-25-11/h5-8H,4,9H2,1-3H3,(H,18,22). The fourth-order valence-electron chi connectivity index (χ4n) is 2.31. The zero-order valence-corrected chi connectivity index (χ0v) is 17.5. The Morgan fingerprint density at radius 2 is 2.19 bits per heavy atom.